The van der Waals surface area contributed by atoms with E-state index in [1.807, 2.05) is 18.2 Å². The third-order valence-corrected chi connectivity index (χ3v) is 4.97. The summed E-state index contributed by atoms with van der Waals surface area (Å²) in [4.78, 5) is 18.1. The molecule has 1 aliphatic rings. The Kier molecular flexibility index (Phi) is 8.84. The van der Waals surface area contributed by atoms with Gasteiger partial charge in [0.05, 0.1) is 7.11 Å². The molecule has 7 heteroatoms. The van der Waals surface area contributed by atoms with Crippen LogP contribution < -0.4 is 9.47 Å². The number of ether oxygens (including phenoxy) is 4. The van der Waals surface area contributed by atoms with Crippen LogP contribution in [0.1, 0.15) is 43.6 Å². The summed E-state index contributed by atoms with van der Waals surface area (Å²) in [5.74, 6) is 1.25. The van der Waals surface area contributed by atoms with Gasteiger partial charge in [0, 0.05) is 32.7 Å². The van der Waals surface area contributed by atoms with Crippen LogP contribution in [0.2, 0.25) is 0 Å². The third kappa shape index (κ3) is 5.82. The van der Waals surface area contributed by atoms with Crippen molar-refractivity contribution in [3.63, 3.8) is 0 Å². The first-order chi connectivity index (χ1) is 13.1. The predicted molar refractivity (Wildman–Crippen MR) is 101 cm³/mol. The zero-order valence-corrected chi connectivity index (χ0v) is 16.7. The van der Waals surface area contributed by atoms with Gasteiger partial charge in [0.2, 0.25) is 5.91 Å². The van der Waals surface area contributed by atoms with Crippen LogP contribution in [0, 0.1) is 5.92 Å². The molecule has 0 saturated heterocycles. The first-order valence-corrected chi connectivity index (χ1v) is 9.31. The van der Waals surface area contributed by atoms with Crippen molar-refractivity contribution in [3.05, 3.63) is 23.8 Å². The molecule has 0 aliphatic heterocycles. The van der Waals surface area contributed by atoms with Crippen molar-refractivity contribution >= 4 is 5.91 Å². The molecule has 152 valence electrons. The van der Waals surface area contributed by atoms with E-state index in [9.17, 15) is 4.79 Å². The largest absolute Gasteiger partial charge is 0.468 e. The van der Waals surface area contributed by atoms with Gasteiger partial charge in [-0.05, 0) is 37.0 Å². The minimum atomic E-state index is -0.167. The third-order valence-electron chi connectivity index (χ3n) is 4.97. The van der Waals surface area contributed by atoms with Crippen LogP contribution in [-0.2, 0) is 19.1 Å². The smallest absolute Gasteiger partial charge is 0.249 e. The van der Waals surface area contributed by atoms with E-state index in [-0.39, 0.29) is 31.3 Å². The first kappa shape index (κ1) is 21.5. The molecular formula is C20H31NO6. The molecule has 1 aromatic carbocycles. The van der Waals surface area contributed by atoms with Gasteiger partial charge in [-0.15, -0.1) is 0 Å². The number of carbonyl (C=O) groups excluding carboxylic acids is 1. The van der Waals surface area contributed by atoms with E-state index in [1.165, 1.54) is 12.2 Å². The molecule has 1 aliphatic carbocycles. The highest BCUT2D eigenvalue weighted by molar-refractivity contribution is 5.79. The van der Waals surface area contributed by atoms with Crippen LogP contribution >= 0.6 is 0 Å². The summed E-state index contributed by atoms with van der Waals surface area (Å²) < 4.78 is 21.5. The summed E-state index contributed by atoms with van der Waals surface area (Å²) in [5, 5.41) is 1.32. The molecule has 1 aromatic rings. The first-order valence-electron chi connectivity index (χ1n) is 9.31. The maximum atomic E-state index is 12.9. The van der Waals surface area contributed by atoms with Crippen molar-refractivity contribution in [2.24, 2.45) is 5.92 Å². The standard InChI is InChI=1S/C20H31NO6/c1-21(25-4)20(22)17-9-7-5-6-8-16(17)18-12-15(26-13-23-2)10-11-19(18)27-14-24-3/h10-12,16-17H,5-9,13-14H2,1-4H3. The molecule has 7 nitrogen and oxygen atoms in total. The average Bonchev–Trinajstić information content (AvgIpc) is 2.95. The Hall–Kier alpha value is -1.83. The van der Waals surface area contributed by atoms with Crippen molar-refractivity contribution in [3.8, 4) is 11.5 Å². The SMILES string of the molecule is COCOc1ccc(OCOC)c(C2CCCCCC2C(=O)N(C)OC)c1. The molecule has 2 atom stereocenters. The highest BCUT2D eigenvalue weighted by Gasteiger charge is 2.34. The van der Waals surface area contributed by atoms with Gasteiger partial charge < -0.3 is 18.9 Å². The van der Waals surface area contributed by atoms with Gasteiger partial charge in [0.25, 0.3) is 0 Å². The van der Waals surface area contributed by atoms with Crippen LogP contribution in [0.5, 0.6) is 11.5 Å². The zero-order chi connectivity index (χ0) is 19.6. The number of nitrogens with zero attached hydrogens (tertiary/aromatic N) is 1. The summed E-state index contributed by atoms with van der Waals surface area (Å²) in [6.07, 6.45) is 4.94. The van der Waals surface area contributed by atoms with Gasteiger partial charge in [-0.25, -0.2) is 5.06 Å². The Bertz CT molecular complexity index is 594. The molecular weight excluding hydrogens is 350 g/mol. The Balaban J connectivity index is 2.39. The average molecular weight is 381 g/mol. The monoisotopic (exact) mass is 381 g/mol. The summed E-state index contributed by atoms with van der Waals surface area (Å²) in [7, 11) is 6.33. The lowest BCUT2D eigenvalue weighted by molar-refractivity contribution is -0.174. The van der Waals surface area contributed by atoms with Crippen molar-refractivity contribution in [1.82, 2.24) is 5.06 Å². The summed E-state index contributed by atoms with van der Waals surface area (Å²) in [5.41, 5.74) is 0.963. The van der Waals surface area contributed by atoms with Crippen molar-refractivity contribution in [2.45, 2.75) is 38.0 Å². The Morgan fingerprint density at radius 2 is 1.74 bits per heavy atom. The van der Waals surface area contributed by atoms with E-state index in [0.717, 1.165) is 37.7 Å². The van der Waals surface area contributed by atoms with Crippen LogP contribution in [0.4, 0.5) is 0 Å². The van der Waals surface area contributed by atoms with E-state index in [2.05, 4.69) is 0 Å². The maximum Gasteiger partial charge on any atom is 0.249 e. The van der Waals surface area contributed by atoms with Crippen molar-refractivity contribution in [2.75, 3.05) is 42.0 Å². The number of hydrogen-bond acceptors (Lipinski definition) is 6. The van der Waals surface area contributed by atoms with Gasteiger partial charge in [-0.3, -0.25) is 9.63 Å². The van der Waals surface area contributed by atoms with Gasteiger partial charge in [-0.2, -0.15) is 0 Å². The normalized spacial score (nSPS) is 20.0. The quantitative estimate of drug-likeness (QED) is 0.371. The lowest BCUT2D eigenvalue weighted by atomic mass is 9.81. The molecule has 1 fully saturated rings. The fourth-order valence-electron chi connectivity index (χ4n) is 3.59. The van der Waals surface area contributed by atoms with Gasteiger partial charge >= 0.3 is 0 Å². The highest BCUT2D eigenvalue weighted by atomic mass is 16.7. The number of amides is 1. The molecule has 0 N–H and O–H groups in total. The second kappa shape index (κ2) is 11.1. The lowest BCUT2D eigenvalue weighted by Crippen LogP contribution is -2.35. The molecule has 0 heterocycles. The van der Waals surface area contributed by atoms with E-state index in [1.54, 1.807) is 21.3 Å². The summed E-state index contributed by atoms with van der Waals surface area (Å²) >= 11 is 0. The number of methoxy groups -OCH3 is 2. The van der Waals surface area contributed by atoms with E-state index < -0.39 is 0 Å². The lowest BCUT2D eigenvalue weighted by Gasteiger charge is -2.29. The number of hydroxylamine groups is 2. The van der Waals surface area contributed by atoms with Crippen molar-refractivity contribution < 1.29 is 28.6 Å². The maximum absolute atomic E-state index is 12.9. The second-order valence-electron chi connectivity index (χ2n) is 6.67. The molecule has 0 aromatic heterocycles. The molecule has 2 rings (SSSR count). The van der Waals surface area contributed by atoms with Gasteiger partial charge in [0.15, 0.2) is 13.6 Å². The molecule has 0 radical (unpaired) electrons. The molecule has 1 saturated carbocycles. The molecule has 0 spiro atoms. The van der Waals surface area contributed by atoms with Crippen LogP contribution in [0.15, 0.2) is 18.2 Å². The minimum absolute atomic E-state index is 0.00898. The van der Waals surface area contributed by atoms with Crippen LogP contribution in [-0.4, -0.2) is 52.9 Å². The Morgan fingerprint density at radius 3 is 2.44 bits per heavy atom. The Labute approximate surface area is 161 Å². The van der Waals surface area contributed by atoms with Gasteiger partial charge in [-0.1, -0.05) is 19.3 Å². The number of carbonyl (C=O) groups is 1. The molecule has 27 heavy (non-hydrogen) atoms. The van der Waals surface area contributed by atoms with E-state index in [0.29, 0.717) is 11.5 Å². The van der Waals surface area contributed by atoms with Crippen LogP contribution in [0.3, 0.4) is 0 Å². The Morgan fingerprint density at radius 1 is 1.04 bits per heavy atom. The van der Waals surface area contributed by atoms with Gasteiger partial charge in [0.1, 0.15) is 11.5 Å². The second-order valence-corrected chi connectivity index (χ2v) is 6.67. The molecule has 1 amide bonds. The predicted octanol–water partition coefficient (Wildman–Crippen LogP) is 3.34. The van der Waals surface area contributed by atoms with E-state index >= 15 is 0 Å². The molecule has 2 unspecified atom stereocenters. The fraction of sp³-hybridized carbons (Fsp3) is 0.650. The van der Waals surface area contributed by atoms with Crippen LogP contribution in [0.25, 0.3) is 0 Å². The summed E-state index contributed by atoms with van der Waals surface area (Å²) in [6.45, 7) is 0.311. The number of hydrogen-bond donors (Lipinski definition) is 0. The van der Waals surface area contributed by atoms with Crippen molar-refractivity contribution in [1.29, 1.82) is 0 Å². The zero-order valence-electron chi connectivity index (χ0n) is 16.7. The van der Waals surface area contributed by atoms with E-state index in [4.69, 9.17) is 23.8 Å². The fourth-order valence-corrected chi connectivity index (χ4v) is 3.59. The topological polar surface area (TPSA) is 66.5 Å². The molecule has 0 bridgehead atoms. The minimum Gasteiger partial charge on any atom is -0.468 e. The summed E-state index contributed by atoms with van der Waals surface area (Å²) in [6, 6.07) is 5.65. The highest BCUT2D eigenvalue weighted by Crippen LogP contribution is 2.42. The number of benzene rings is 1. The number of rotatable bonds is 9.